The zero-order valence-electron chi connectivity index (χ0n) is 8.07. The highest BCUT2D eigenvalue weighted by Gasteiger charge is 2.05. The van der Waals surface area contributed by atoms with Gasteiger partial charge >= 0.3 is 0 Å². The van der Waals surface area contributed by atoms with Crippen LogP contribution in [0.4, 0.5) is 0 Å². The Morgan fingerprint density at radius 1 is 1.47 bits per heavy atom. The van der Waals surface area contributed by atoms with Crippen LogP contribution in [-0.2, 0) is 0 Å². The van der Waals surface area contributed by atoms with E-state index in [4.69, 9.17) is 10.00 Å². The third-order valence-electron chi connectivity index (χ3n) is 2.19. The number of benzene rings is 1. The molecule has 0 atom stereocenters. The van der Waals surface area contributed by atoms with E-state index in [0.29, 0.717) is 11.1 Å². The third kappa shape index (κ3) is 1.44. The van der Waals surface area contributed by atoms with Crippen molar-refractivity contribution in [3.05, 3.63) is 40.2 Å². The van der Waals surface area contributed by atoms with Gasteiger partial charge in [-0.2, -0.15) is 5.26 Å². The molecule has 0 aliphatic heterocycles. The van der Waals surface area contributed by atoms with Gasteiger partial charge in [0.1, 0.15) is 6.07 Å². The molecule has 0 saturated heterocycles. The minimum Gasteiger partial charge on any atom is -0.491 e. The van der Waals surface area contributed by atoms with Crippen molar-refractivity contribution in [3.8, 4) is 11.8 Å². The van der Waals surface area contributed by atoms with Crippen LogP contribution in [-0.4, -0.2) is 12.1 Å². The quantitative estimate of drug-likeness (QED) is 0.756. The molecule has 0 bridgehead atoms. The second-order valence-corrected chi connectivity index (χ2v) is 3.05. The normalized spacial score (nSPS) is 9.87. The number of fused-ring (bicyclic) bond motifs is 1. The Bertz CT molecular complexity index is 608. The van der Waals surface area contributed by atoms with Gasteiger partial charge in [0.05, 0.1) is 18.2 Å². The molecule has 0 saturated carbocycles. The average Bonchev–Trinajstić information content (AvgIpc) is 2.27. The molecule has 1 heterocycles. The monoisotopic (exact) mass is 200 g/mol. The standard InChI is InChI=1S/C11H8N2O2/c1-15-9-5-7-3-2-4-8(6-12)10(7)13-11(9)14/h2-5H,1H3,(H,13,14). The van der Waals surface area contributed by atoms with Crippen molar-refractivity contribution < 1.29 is 4.74 Å². The molecule has 15 heavy (non-hydrogen) atoms. The number of methoxy groups -OCH3 is 1. The highest BCUT2D eigenvalue weighted by molar-refractivity contribution is 5.84. The van der Waals surface area contributed by atoms with Gasteiger partial charge in [0.15, 0.2) is 5.75 Å². The Balaban J connectivity index is 2.88. The number of nitrogens with one attached hydrogen (secondary N) is 1. The highest BCUT2D eigenvalue weighted by atomic mass is 16.5. The van der Waals surface area contributed by atoms with E-state index in [9.17, 15) is 4.79 Å². The van der Waals surface area contributed by atoms with E-state index in [1.54, 1.807) is 18.2 Å². The smallest absolute Gasteiger partial charge is 0.290 e. The summed E-state index contributed by atoms with van der Waals surface area (Å²) < 4.78 is 4.90. The summed E-state index contributed by atoms with van der Waals surface area (Å²) in [5, 5.41) is 9.63. The second kappa shape index (κ2) is 3.46. The predicted molar refractivity (Wildman–Crippen MR) is 55.8 cm³/mol. The molecule has 0 spiro atoms. The Hall–Kier alpha value is -2.28. The van der Waals surface area contributed by atoms with Crippen LogP contribution in [0.2, 0.25) is 0 Å². The van der Waals surface area contributed by atoms with Crippen molar-refractivity contribution in [1.82, 2.24) is 4.98 Å². The summed E-state index contributed by atoms with van der Waals surface area (Å²) in [4.78, 5) is 14.1. The van der Waals surface area contributed by atoms with Gasteiger partial charge in [-0.05, 0) is 12.1 Å². The molecule has 4 heteroatoms. The largest absolute Gasteiger partial charge is 0.491 e. The number of para-hydroxylation sites is 1. The first-order valence-corrected chi connectivity index (χ1v) is 4.36. The molecule has 0 aliphatic rings. The van der Waals surface area contributed by atoms with E-state index in [1.165, 1.54) is 7.11 Å². The molecule has 0 fully saturated rings. The van der Waals surface area contributed by atoms with Gasteiger partial charge in [0.2, 0.25) is 0 Å². The number of H-pyrrole nitrogens is 1. The van der Waals surface area contributed by atoms with Crippen LogP contribution in [0.15, 0.2) is 29.1 Å². The summed E-state index contributed by atoms with van der Waals surface area (Å²) in [7, 11) is 1.44. The van der Waals surface area contributed by atoms with Crippen LogP contribution in [0.5, 0.6) is 5.75 Å². The highest BCUT2D eigenvalue weighted by Crippen LogP contribution is 2.17. The van der Waals surface area contributed by atoms with Crippen molar-refractivity contribution in [2.24, 2.45) is 0 Å². The molecule has 0 radical (unpaired) electrons. The van der Waals surface area contributed by atoms with Crippen LogP contribution in [0.25, 0.3) is 10.9 Å². The Kier molecular flexibility index (Phi) is 2.14. The van der Waals surface area contributed by atoms with E-state index in [1.807, 2.05) is 12.1 Å². The van der Waals surface area contributed by atoms with Crippen LogP contribution >= 0.6 is 0 Å². The van der Waals surface area contributed by atoms with Crippen LogP contribution < -0.4 is 10.3 Å². The van der Waals surface area contributed by atoms with E-state index in [-0.39, 0.29) is 11.3 Å². The molecule has 0 amide bonds. The number of nitriles is 1. The summed E-state index contributed by atoms with van der Waals surface area (Å²) >= 11 is 0. The lowest BCUT2D eigenvalue weighted by molar-refractivity contribution is 0.409. The van der Waals surface area contributed by atoms with Gasteiger partial charge in [-0.1, -0.05) is 12.1 Å². The first-order chi connectivity index (χ1) is 7.26. The van der Waals surface area contributed by atoms with E-state index >= 15 is 0 Å². The minimum absolute atomic E-state index is 0.248. The van der Waals surface area contributed by atoms with Gasteiger partial charge in [0.25, 0.3) is 5.56 Å². The predicted octanol–water partition coefficient (Wildman–Crippen LogP) is 1.41. The zero-order valence-corrected chi connectivity index (χ0v) is 8.07. The van der Waals surface area contributed by atoms with Crippen molar-refractivity contribution in [2.45, 2.75) is 0 Å². The lowest BCUT2D eigenvalue weighted by Gasteiger charge is -2.02. The van der Waals surface area contributed by atoms with Crippen molar-refractivity contribution >= 4 is 10.9 Å². The lowest BCUT2D eigenvalue weighted by atomic mass is 10.1. The summed E-state index contributed by atoms with van der Waals surface area (Å²) in [5.74, 6) is 0.248. The maximum absolute atomic E-state index is 11.4. The van der Waals surface area contributed by atoms with Crippen molar-refractivity contribution in [3.63, 3.8) is 0 Å². The Morgan fingerprint density at radius 3 is 2.93 bits per heavy atom. The molecule has 1 aromatic heterocycles. The molecule has 1 N–H and O–H groups in total. The molecule has 2 aromatic rings. The zero-order chi connectivity index (χ0) is 10.8. The molecule has 0 unspecified atom stereocenters. The van der Waals surface area contributed by atoms with Gasteiger partial charge in [-0.3, -0.25) is 4.79 Å². The SMILES string of the molecule is COc1cc2cccc(C#N)c2[nH]c1=O. The third-order valence-corrected chi connectivity index (χ3v) is 2.19. The fraction of sp³-hybridized carbons (Fsp3) is 0.0909. The van der Waals surface area contributed by atoms with E-state index < -0.39 is 0 Å². The topological polar surface area (TPSA) is 65.9 Å². The molecule has 74 valence electrons. The fourth-order valence-corrected chi connectivity index (χ4v) is 1.46. The number of aromatic nitrogens is 1. The first-order valence-electron chi connectivity index (χ1n) is 4.36. The summed E-state index contributed by atoms with van der Waals surface area (Å²) in [6.45, 7) is 0. The number of hydrogen-bond acceptors (Lipinski definition) is 3. The molecule has 2 rings (SSSR count). The number of rotatable bonds is 1. The number of ether oxygens (including phenoxy) is 1. The second-order valence-electron chi connectivity index (χ2n) is 3.05. The van der Waals surface area contributed by atoms with Gasteiger partial charge < -0.3 is 9.72 Å². The maximum Gasteiger partial charge on any atom is 0.290 e. The lowest BCUT2D eigenvalue weighted by Crippen LogP contribution is -2.09. The van der Waals surface area contributed by atoms with Crippen LogP contribution in [0, 0.1) is 11.3 Å². The Labute approximate surface area is 85.7 Å². The molecular formula is C11H8N2O2. The van der Waals surface area contributed by atoms with E-state index in [2.05, 4.69) is 4.98 Å². The number of aromatic amines is 1. The van der Waals surface area contributed by atoms with Gasteiger partial charge in [0, 0.05) is 5.39 Å². The van der Waals surface area contributed by atoms with Gasteiger partial charge in [-0.25, -0.2) is 0 Å². The fourth-order valence-electron chi connectivity index (χ4n) is 1.46. The average molecular weight is 200 g/mol. The summed E-state index contributed by atoms with van der Waals surface area (Å²) in [6, 6.07) is 8.88. The summed E-state index contributed by atoms with van der Waals surface area (Å²) in [6.07, 6.45) is 0. The number of hydrogen-bond donors (Lipinski definition) is 1. The molecular weight excluding hydrogens is 192 g/mol. The van der Waals surface area contributed by atoms with Crippen molar-refractivity contribution in [1.29, 1.82) is 5.26 Å². The number of pyridine rings is 1. The van der Waals surface area contributed by atoms with Gasteiger partial charge in [-0.15, -0.1) is 0 Å². The number of nitrogens with zero attached hydrogens (tertiary/aromatic N) is 1. The molecule has 1 aromatic carbocycles. The van der Waals surface area contributed by atoms with Crippen LogP contribution in [0.3, 0.4) is 0 Å². The molecule has 0 aliphatic carbocycles. The summed E-state index contributed by atoms with van der Waals surface area (Å²) in [5.41, 5.74) is 0.672. The molecule has 4 nitrogen and oxygen atoms in total. The maximum atomic E-state index is 11.4. The van der Waals surface area contributed by atoms with E-state index in [0.717, 1.165) is 5.39 Å². The van der Waals surface area contributed by atoms with Crippen LogP contribution in [0.1, 0.15) is 5.56 Å². The minimum atomic E-state index is -0.326. The first kappa shape index (κ1) is 9.28. The van der Waals surface area contributed by atoms with Crippen molar-refractivity contribution in [2.75, 3.05) is 7.11 Å². The Morgan fingerprint density at radius 2 is 2.27 bits per heavy atom.